The molecule has 0 atom stereocenters. The van der Waals surface area contributed by atoms with Crippen LogP contribution in [0.25, 0.3) is 0 Å². The number of aromatic nitrogens is 1. The van der Waals surface area contributed by atoms with Gasteiger partial charge in [0.25, 0.3) is 5.91 Å². The van der Waals surface area contributed by atoms with Crippen LogP contribution in [0.2, 0.25) is 0 Å². The average molecular weight is 254 g/mol. The molecular weight excluding hydrogens is 236 g/mol. The Labute approximate surface area is 105 Å². The van der Waals surface area contributed by atoms with Gasteiger partial charge in [-0.2, -0.15) is 0 Å². The molecule has 2 N–H and O–H groups in total. The number of hydrogen-bond donors (Lipinski definition) is 2. The Morgan fingerprint density at radius 3 is 2.67 bits per heavy atom. The van der Waals surface area contributed by atoms with E-state index >= 15 is 0 Å². The second-order valence-electron chi connectivity index (χ2n) is 4.07. The molecule has 6 nitrogen and oxygen atoms in total. The van der Waals surface area contributed by atoms with E-state index in [1.54, 1.807) is 6.92 Å². The predicted octanol–water partition coefficient (Wildman–Crippen LogP) is 1.75. The molecular formula is C12H18N2O4. The fourth-order valence-electron chi connectivity index (χ4n) is 1.56. The second-order valence-corrected chi connectivity index (χ2v) is 4.07. The monoisotopic (exact) mass is 254 g/mol. The summed E-state index contributed by atoms with van der Waals surface area (Å²) in [5.74, 6) is -0.481. The first-order chi connectivity index (χ1) is 8.61. The third-order valence-electron chi connectivity index (χ3n) is 2.56. The SMILES string of the molecule is Cc1ocnc1C(=O)NCCCCCCC(=O)O. The molecule has 1 heterocycles. The van der Waals surface area contributed by atoms with Gasteiger partial charge in [-0.1, -0.05) is 12.8 Å². The molecule has 0 aromatic carbocycles. The smallest absolute Gasteiger partial charge is 0.303 e. The van der Waals surface area contributed by atoms with Crippen LogP contribution in [0.4, 0.5) is 0 Å². The highest BCUT2D eigenvalue weighted by Gasteiger charge is 2.11. The van der Waals surface area contributed by atoms with Gasteiger partial charge in [-0.25, -0.2) is 4.98 Å². The number of oxazole rings is 1. The first-order valence-electron chi connectivity index (χ1n) is 6.01. The summed E-state index contributed by atoms with van der Waals surface area (Å²) in [6.45, 7) is 2.26. The Bertz CT molecular complexity index is 401. The zero-order chi connectivity index (χ0) is 13.4. The number of carbonyl (C=O) groups is 2. The third kappa shape index (κ3) is 4.99. The molecule has 0 saturated carbocycles. The molecule has 0 unspecified atom stereocenters. The highest BCUT2D eigenvalue weighted by molar-refractivity contribution is 5.92. The number of carboxylic acid groups (broad SMARTS) is 1. The first kappa shape index (κ1) is 14.2. The molecule has 18 heavy (non-hydrogen) atoms. The minimum atomic E-state index is -0.759. The van der Waals surface area contributed by atoms with E-state index in [2.05, 4.69) is 10.3 Å². The summed E-state index contributed by atoms with van der Waals surface area (Å²) in [6.07, 6.45) is 4.76. The Morgan fingerprint density at radius 2 is 2.06 bits per heavy atom. The van der Waals surface area contributed by atoms with E-state index in [9.17, 15) is 9.59 Å². The first-order valence-corrected chi connectivity index (χ1v) is 6.01. The molecule has 6 heteroatoms. The van der Waals surface area contributed by atoms with Crippen molar-refractivity contribution in [1.29, 1.82) is 0 Å². The Hall–Kier alpha value is -1.85. The minimum absolute atomic E-state index is 0.213. The lowest BCUT2D eigenvalue weighted by Gasteiger charge is -2.03. The van der Waals surface area contributed by atoms with E-state index in [-0.39, 0.29) is 12.3 Å². The molecule has 0 bridgehead atoms. The second kappa shape index (κ2) is 7.47. The minimum Gasteiger partial charge on any atom is -0.481 e. The normalized spacial score (nSPS) is 10.3. The third-order valence-corrected chi connectivity index (χ3v) is 2.56. The van der Waals surface area contributed by atoms with Gasteiger partial charge in [-0.15, -0.1) is 0 Å². The van der Waals surface area contributed by atoms with Crippen LogP contribution in [0.15, 0.2) is 10.8 Å². The molecule has 1 aromatic rings. The van der Waals surface area contributed by atoms with Gasteiger partial charge in [-0.3, -0.25) is 9.59 Å². The van der Waals surface area contributed by atoms with Crippen LogP contribution in [-0.4, -0.2) is 28.5 Å². The predicted molar refractivity (Wildman–Crippen MR) is 64.3 cm³/mol. The van der Waals surface area contributed by atoms with Crippen LogP contribution in [-0.2, 0) is 4.79 Å². The number of amides is 1. The van der Waals surface area contributed by atoms with Gasteiger partial charge in [0, 0.05) is 13.0 Å². The van der Waals surface area contributed by atoms with Crippen LogP contribution in [0.3, 0.4) is 0 Å². The zero-order valence-electron chi connectivity index (χ0n) is 10.4. The molecule has 0 radical (unpaired) electrons. The summed E-state index contributed by atoms with van der Waals surface area (Å²) in [7, 11) is 0. The summed E-state index contributed by atoms with van der Waals surface area (Å²) in [4.78, 5) is 25.7. The fourth-order valence-corrected chi connectivity index (χ4v) is 1.56. The number of nitrogens with one attached hydrogen (secondary N) is 1. The van der Waals surface area contributed by atoms with Crippen LogP contribution in [0, 0.1) is 6.92 Å². The molecule has 100 valence electrons. The molecule has 0 fully saturated rings. The van der Waals surface area contributed by atoms with E-state index in [0.29, 0.717) is 24.4 Å². The molecule has 0 saturated heterocycles. The maximum atomic E-state index is 11.6. The lowest BCUT2D eigenvalue weighted by Crippen LogP contribution is -2.25. The number of unbranched alkanes of at least 4 members (excludes halogenated alkanes) is 3. The molecule has 0 spiro atoms. The number of aliphatic carboxylic acids is 1. The lowest BCUT2D eigenvalue weighted by molar-refractivity contribution is -0.137. The van der Waals surface area contributed by atoms with E-state index < -0.39 is 5.97 Å². The van der Waals surface area contributed by atoms with Gasteiger partial charge in [0.1, 0.15) is 5.76 Å². The molecule has 1 aromatic heterocycles. The van der Waals surface area contributed by atoms with Crippen molar-refractivity contribution in [2.24, 2.45) is 0 Å². The highest BCUT2D eigenvalue weighted by Crippen LogP contribution is 2.05. The maximum absolute atomic E-state index is 11.6. The maximum Gasteiger partial charge on any atom is 0.303 e. The van der Waals surface area contributed by atoms with Gasteiger partial charge in [0.05, 0.1) is 0 Å². The van der Waals surface area contributed by atoms with E-state index in [4.69, 9.17) is 9.52 Å². The van der Waals surface area contributed by atoms with Gasteiger partial charge < -0.3 is 14.8 Å². The Kier molecular flexibility index (Phi) is 5.90. The van der Waals surface area contributed by atoms with E-state index in [1.165, 1.54) is 6.39 Å². The fraction of sp³-hybridized carbons (Fsp3) is 0.583. The summed E-state index contributed by atoms with van der Waals surface area (Å²) in [6, 6.07) is 0. The van der Waals surface area contributed by atoms with Crippen LogP contribution in [0.5, 0.6) is 0 Å². The average Bonchev–Trinajstić information content (AvgIpc) is 2.73. The van der Waals surface area contributed by atoms with Gasteiger partial charge in [-0.05, 0) is 19.8 Å². The Morgan fingerprint density at radius 1 is 1.33 bits per heavy atom. The van der Waals surface area contributed by atoms with Crippen molar-refractivity contribution in [2.45, 2.75) is 39.0 Å². The van der Waals surface area contributed by atoms with Crippen molar-refractivity contribution in [3.8, 4) is 0 Å². The largest absolute Gasteiger partial charge is 0.481 e. The van der Waals surface area contributed by atoms with Gasteiger partial charge >= 0.3 is 5.97 Å². The van der Waals surface area contributed by atoms with Crippen LogP contribution >= 0.6 is 0 Å². The number of carbonyl (C=O) groups excluding carboxylic acids is 1. The summed E-state index contributed by atoms with van der Waals surface area (Å²) in [5.41, 5.74) is 0.320. The highest BCUT2D eigenvalue weighted by atomic mass is 16.4. The molecule has 0 aliphatic carbocycles. The van der Waals surface area contributed by atoms with Crippen molar-refractivity contribution in [3.05, 3.63) is 17.8 Å². The van der Waals surface area contributed by atoms with Crippen molar-refractivity contribution < 1.29 is 19.1 Å². The van der Waals surface area contributed by atoms with Crippen LogP contribution in [0.1, 0.15) is 48.4 Å². The number of hydrogen-bond acceptors (Lipinski definition) is 4. The van der Waals surface area contributed by atoms with Crippen molar-refractivity contribution in [2.75, 3.05) is 6.54 Å². The Balaban J connectivity index is 2.06. The standard InChI is InChI=1S/C12H18N2O4/c1-9-11(14-8-18-9)12(17)13-7-5-3-2-4-6-10(15)16/h8H,2-7H2,1H3,(H,13,17)(H,15,16). The van der Waals surface area contributed by atoms with Crippen LogP contribution < -0.4 is 5.32 Å². The topological polar surface area (TPSA) is 92.4 Å². The van der Waals surface area contributed by atoms with Crippen molar-refractivity contribution in [1.82, 2.24) is 10.3 Å². The number of aryl methyl sites for hydroxylation is 1. The van der Waals surface area contributed by atoms with E-state index in [1.807, 2.05) is 0 Å². The van der Waals surface area contributed by atoms with E-state index in [0.717, 1.165) is 19.3 Å². The number of rotatable bonds is 8. The summed E-state index contributed by atoms with van der Waals surface area (Å²) >= 11 is 0. The number of carboxylic acids is 1. The summed E-state index contributed by atoms with van der Waals surface area (Å²) in [5, 5.41) is 11.2. The molecule has 1 amide bonds. The molecule has 1 rings (SSSR count). The number of nitrogens with zero attached hydrogens (tertiary/aromatic N) is 1. The van der Waals surface area contributed by atoms with Crippen molar-refractivity contribution >= 4 is 11.9 Å². The summed E-state index contributed by atoms with van der Waals surface area (Å²) < 4.78 is 4.94. The molecule has 0 aliphatic rings. The lowest BCUT2D eigenvalue weighted by atomic mass is 10.1. The van der Waals surface area contributed by atoms with Gasteiger partial charge in [0.2, 0.25) is 0 Å². The zero-order valence-corrected chi connectivity index (χ0v) is 10.4. The van der Waals surface area contributed by atoms with Gasteiger partial charge in [0.15, 0.2) is 12.1 Å². The van der Waals surface area contributed by atoms with Crippen molar-refractivity contribution in [3.63, 3.8) is 0 Å². The quantitative estimate of drug-likeness (QED) is 0.689. The molecule has 0 aliphatic heterocycles.